The van der Waals surface area contributed by atoms with Crippen molar-refractivity contribution in [1.82, 2.24) is 15.5 Å². The lowest BCUT2D eigenvalue weighted by Crippen LogP contribution is -2.42. The first-order valence-electron chi connectivity index (χ1n) is 10.0. The van der Waals surface area contributed by atoms with E-state index in [2.05, 4.69) is 42.8 Å². The molecule has 0 radical (unpaired) electrons. The van der Waals surface area contributed by atoms with E-state index in [0.717, 1.165) is 44.7 Å². The molecule has 1 saturated heterocycles. The van der Waals surface area contributed by atoms with Crippen LogP contribution in [0.25, 0.3) is 0 Å². The monoisotopic (exact) mass is 394 g/mol. The van der Waals surface area contributed by atoms with Gasteiger partial charge in [0.05, 0.1) is 13.2 Å². The topological polar surface area (TPSA) is 66.0 Å². The number of carbonyl (C=O) groups is 1. The second kappa shape index (κ2) is 12.7. The van der Waals surface area contributed by atoms with Crippen LogP contribution in [0.3, 0.4) is 0 Å². The molecule has 1 unspecified atom stereocenters. The summed E-state index contributed by atoms with van der Waals surface area (Å²) in [5.74, 6) is 0.751. The van der Waals surface area contributed by atoms with Crippen LogP contribution in [-0.4, -0.2) is 57.2 Å². The lowest BCUT2D eigenvalue weighted by Gasteiger charge is -2.27. The van der Waals surface area contributed by atoms with Gasteiger partial charge in [-0.2, -0.15) is 0 Å². The van der Waals surface area contributed by atoms with Gasteiger partial charge in [-0.25, -0.2) is 0 Å². The maximum absolute atomic E-state index is 11.1. The van der Waals surface area contributed by atoms with Gasteiger partial charge >= 0.3 is 5.97 Å². The molecule has 1 aliphatic heterocycles. The molecule has 1 aromatic rings. The van der Waals surface area contributed by atoms with Crippen LogP contribution in [0, 0.1) is 0 Å². The SMILES string of the molecule is CN=C(NCCCCCCC(=O)OC)NCC(c1cccs1)N1CCCC1. The molecule has 2 heterocycles. The Morgan fingerprint density at radius 1 is 1.26 bits per heavy atom. The molecule has 27 heavy (non-hydrogen) atoms. The fourth-order valence-corrected chi connectivity index (χ4v) is 4.28. The maximum atomic E-state index is 11.1. The molecular formula is C20H34N4O2S. The van der Waals surface area contributed by atoms with Crippen molar-refractivity contribution in [3.63, 3.8) is 0 Å². The summed E-state index contributed by atoms with van der Waals surface area (Å²) in [5.41, 5.74) is 0. The number of likely N-dealkylation sites (tertiary alicyclic amines) is 1. The van der Waals surface area contributed by atoms with Crippen molar-refractivity contribution in [3.8, 4) is 0 Å². The van der Waals surface area contributed by atoms with Crippen LogP contribution >= 0.6 is 11.3 Å². The van der Waals surface area contributed by atoms with E-state index in [0.29, 0.717) is 12.5 Å². The van der Waals surface area contributed by atoms with Crippen molar-refractivity contribution in [1.29, 1.82) is 0 Å². The Labute approximate surface area is 167 Å². The Morgan fingerprint density at radius 2 is 2.04 bits per heavy atom. The molecule has 1 fully saturated rings. The summed E-state index contributed by atoms with van der Waals surface area (Å²) < 4.78 is 4.66. The highest BCUT2D eigenvalue weighted by Gasteiger charge is 2.24. The number of rotatable bonds is 11. The largest absolute Gasteiger partial charge is 0.469 e. The summed E-state index contributed by atoms with van der Waals surface area (Å²) in [7, 11) is 3.26. The van der Waals surface area contributed by atoms with Gasteiger partial charge < -0.3 is 15.4 Å². The highest BCUT2D eigenvalue weighted by Crippen LogP contribution is 2.27. The van der Waals surface area contributed by atoms with Gasteiger partial charge in [-0.3, -0.25) is 14.7 Å². The van der Waals surface area contributed by atoms with Crippen molar-refractivity contribution < 1.29 is 9.53 Å². The smallest absolute Gasteiger partial charge is 0.305 e. The van der Waals surface area contributed by atoms with Crippen molar-refractivity contribution in [2.45, 2.75) is 51.0 Å². The quantitative estimate of drug-likeness (QED) is 0.261. The molecule has 152 valence electrons. The third-order valence-electron chi connectivity index (χ3n) is 4.97. The average molecular weight is 395 g/mol. The van der Waals surface area contributed by atoms with E-state index in [1.54, 1.807) is 0 Å². The molecule has 2 N–H and O–H groups in total. The predicted molar refractivity (Wildman–Crippen MR) is 112 cm³/mol. The molecule has 1 aliphatic rings. The number of carbonyl (C=O) groups excluding carboxylic acids is 1. The van der Waals surface area contributed by atoms with Crippen LogP contribution in [0.2, 0.25) is 0 Å². The molecule has 0 spiro atoms. The van der Waals surface area contributed by atoms with E-state index in [1.165, 1.54) is 37.9 Å². The number of guanidine groups is 1. The first-order chi connectivity index (χ1) is 13.2. The Hall–Kier alpha value is -1.60. The van der Waals surface area contributed by atoms with Gasteiger partial charge in [0, 0.05) is 31.4 Å². The molecule has 1 atom stereocenters. The molecule has 2 rings (SSSR count). The molecule has 0 aliphatic carbocycles. The number of ether oxygens (including phenoxy) is 1. The van der Waals surface area contributed by atoms with E-state index in [1.807, 2.05) is 18.4 Å². The van der Waals surface area contributed by atoms with E-state index in [4.69, 9.17) is 0 Å². The lowest BCUT2D eigenvalue weighted by atomic mass is 10.1. The van der Waals surface area contributed by atoms with Crippen LogP contribution in [0.1, 0.15) is 55.9 Å². The minimum atomic E-state index is -0.115. The minimum Gasteiger partial charge on any atom is -0.469 e. The van der Waals surface area contributed by atoms with Crippen molar-refractivity contribution in [3.05, 3.63) is 22.4 Å². The summed E-state index contributed by atoms with van der Waals surface area (Å²) in [6, 6.07) is 4.79. The van der Waals surface area contributed by atoms with Crippen molar-refractivity contribution in [2.75, 3.05) is 40.3 Å². The average Bonchev–Trinajstić information content (AvgIpc) is 3.40. The van der Waals surface area contributed by atoms with E-state index < -0.39 is 0 Å². The van der Waals surface area contributed by atoms with Crippen LogP contribution in [-0.2, 0) is 9.53 Å². The normalized spacial score (nSPS) is 16.3. The predicted octanol–water partition coefficient (Wildman–Crippen LogP) is 3.17. The fraction of sp³-hybridized carbons (Fsp3) is 0.700. The zero-order chi connectivity index (χ0) is 19.3. The number of unbranched alkanes of at least 4 members (excludes halogenated alkanes) is 3. The summed E-state index contributed by atoms with van der Waals surface area (Å²) in [6.45, 7) is 4.13. The van der Waals surface area contributed by atoms with E-state index in [9.17, 15) is 4.79 Å². The molecule has 7 heteroatoms. The highest BCUT2D eigenvalue weighted by molar-refractivity contribution is 7.10. The van der Waals surface area contributed by atoms with Crippen LogP contribution in [0.5, 0.6) is 0 Å². The molecule has 0 bridgehead atoms. The molecule has 0 saturated carbocycles. The molecule has 0 aromatic carbocycles. The van der Waals surface area contributed by atoms with E-state index >= 15 is 0 Å². The second-order valence-corrected chi connectivity index (χ2v) is 7.87. The summed E-state index contributed by atoms with van der Waals surface area (Å²) >= 11 is 1.83. The lowest BCUT2D eigenvalue weighted by molar-refractivity contribution is -0.140. The Bertz CT molecular complexity index is 556. The number of nitrogens with one attached hydrogen (secondary N) is 2. The van der Waals surface area contributed by atoms with E-state index in [-0.39, 0.29) is 5.97 Å². The van der Waals surface area contributed by atoms with Gasteiger partial charge in [-0.15, -0.1) is 11.3 Å². The molecule has 1 aromatic heterocycles. The summed E-state index contributed by atoms with van der Waals surface area (Å²) in [5, 5.41) is 9.06. The Balaban J connectivity index is 1.65. The summed E-state index contributed by atoms with van der Waals surface area (Å²) in [6.07, 6.45) is 7.24. The Kier molecular flexibility index (Phi) is 10.2. The zero-order valence-electron chi connectivity index (χ0n) is 16.7. The molecular weight excluding hydrogens is 360 g/mol. The third kappa shape index (κ3) is 7.89. The molecule has 0 amide bonds. The Morgan fingerprint density at radius 3 is 2.70 bits per heavy atom. The number of thiophene rings is 1. The third-order valence-corrected chi connectivity index (χ3v) is 5.94. The number of esters is 1. The van der Waals surface area contributed by atoms with Crippen molar-refractivity contribution >= 4 is 23.3 Å². The van der Waals surface area contributed by atoms with Gasteiger partial charge in [0.25, 0.3) is 0 Å². The van der Waals surface area contributed by atoms with Gasteiger partial charge in [-0.1, -0.05) is 18.9 Å². The van der Waals surface area contributed by atoms with Gasteiger partial charge in [0.1, 0.15) is 0 Å². The van der Waals surface area contributed by atoms with Gasteiger partial charge in [0.2, 0.25) is 0 Å². The first kappa shape index (κ1) is 21.7. The van der Waals surface area contributed by atoms with Crippen LogP contribution in [0.4, 0.5) is 0 Å². The fourth-order valence-electron chi connectivity index (χ4n) is 3.41. The number of hydrogen-bond acceptors (Lipinski definition) is 5. The maximum Gasteiger partial charge on any atom is 0.305 e. The van der Waals surface area contributed by atoms with Gasteiger partial charge in [-0.05, 0) is 50.2 Å². The number of aliphatic imine (C=N–C) groups is 1. The number of methoxy groups -OCH3 is 1. The van der Waals surface area contributed by atoms with Crippen LogP contribution < -0.4 is 10.6 Å². The van der Waals surface area contributed by atoms with Crippen LogP contribution in [0.15, 0.2) is 22.5 Å². The molecule has 6 nitrogen and oxygen atoms in total. The standard InChI is InChI=1S/C20H34N4O2S/c1-21-20(22-12-6-4-3-5-11-19(25)26-2)23-16-17(18-10-9-15-27-18)24-13-7-8-14-24/h9-10,15,17H,3-8,11-14,16H2,1-2H3,(H2,21,22,23). The first-order valence-corrected chi connectivity index (χ1v) is 10.9. The van der Waals surface area contributed by atoms with Gasteiger partial charge in [0.15, 0.2) is 5.96 Å². The zero-order valence-corrected chi connectivity index (χ0v) is 17.5. The number of hydrogen-bond donors (Lipinski definition) is 2. The van der Waals surface area contributed by atoms with Crippen molar-refractivity contribution in [2.24, 2.45) is 4.99 Å². The summed E-state index contributed by atoms with van der Waals surface area (Å²) in [4.78, 5) is 19.4. The highest BCUT2D eigenvalue weighted by atomic mass is 32.1. The second-order valence-electron chi connectivity index (χ2n) is 6.89. The minimum absolute atomic E-state index is 0.115. The number of nitrogens with zero attached hydrogens (tertiary/aromatic N) is 2.